The van der Waals surface area contributed by atoms with E-state index in [-0.39, 0.29) is 5.92 Å². The molecule has 4 rings (SSSR count). The van der Waals surface area contributed by atoms with E-state index in [0.29, 0.717) is 17.7 Å². The van der Waals surface area contributed by atoms with Crippen LogP contribution in [0.3, 0.4) is 0 Å². The second-order valence-electron chi connectivity index (χ2n) is 5.93. The highest BCUT2D eigenvalue weighted by molar-refractivity contribution is 5.64. The van der Waals surface area contributed by atoms with Gasteiger partial charge in [-0.2, -0.15) is 10.1 Å². The zero-order chi connectivity index (χ0) is 15.8. The Kier molecular flexibility index (Phi) is 3.33. The summed E-state index contributed by atoms with van der Waals surface area (Å²) in [6.07, 6.45) is 6.59. The Morgan fingerprint density at radius 2 is 2.35 bits per heavy atom. The average Bonchev–Trinajstić information content (AvgIpc) is 3.11. The number of hydrogen-bond acceptors (Lipinski definition) is 5. The summed E-state index contributed by atoms with van der Waals surface area (Å²) in [6, 6.07) is 5.92. The van der Waals surface area contributed by atoms with Crippen LogP contribution >= 0.6 is 0 Å². The molecule has 0 aromatic carbocycles. The number of nitrogens with zero attached hydrogens (tertiary/aromatic N) is 4. The summed E-state index contributed by atoms with van der Waals surface area (Å²) >= 11 is 0. The van der Waals surface area contributed by atoms with Gasteiger partial charge in [0.25, 0.3) is 0 Å². The largest absolute Gasteiger partial charge is 0.312 e. The van der Waals surface area contributed by atoms with E-state index in [1.165, 1.54) is 24.8 Å². The van der Waals surface area contributed by atoms with Crippen LogP contribution in [-0.4, -0.2) is 30.8 Å². The van der Waals surface area contributed by atoms with Gasteiger partial charge in [0.15, 0.2) is 5.82 Å². The lowest BCUT2D eigenvalue weighted by Crippen LogP contribution is -2.10. The van der Waals surface area contributed by atoms with Gasteiger partial charge >= 0.3 is 0 Å². The first-order valence-electron chi connectivity index (χ1n) is 7.96. The maximum absolute atomic E-state index is 7.57. The fraction of sp³-hybridized carbons (Fsp3) is 0.375. The minimum atomic E-state index is -0.0725. The number of fused-ring (bicyclic) bond motifs is 1. The topological polar surface area (TPSA) is 94.8 Å². The Morgan fingerprint density at radius 3 is 3.09 bits per heavy atom. The number of H-pyrrole nitrogens is 1. The molecule has 7 nitrogen and oxygen atoms in total. The lowest BCUT2D eigenvalue weighted by Gasteiger charge is -2.11. The molecule has 3 heterocycles. The van der Waals surface area contributed by atoms with E-state index in [4.69, 9.17) is 5.41 Å². The number of aromatic amines is 1. The first-order valence-corrected chi connectivity index (χ1v) is 7.96. The van der Waals surface area contributed by atoms with Crippen molar-refractivity contribution in [2.24, 2.45) is 0 Å². The molecular weight excluding hydrogens is 290 g/mol. The quantitative estimate of drug-likeness (QED) is 0.609. The molecular formula is C16H19N7. The number of hydrogen-bond donors (Lipinski definition) is 3. The summed E-state index contributed by atoms with van der Waals surface area (Å²) in [5.74, 6) is 2.65. The molecule has 1 atom stereocenters. The highest BCUT2D eigenvalue weighted by Crippen LogP contribution is 2.39. The number of aromatic nitrogens is 5. The van der Waals surface area contributed by atoms with Crippen LogP contribution in [0.2, 0.25) is 0 Å². The molecule has 0 radical (unpaired) electrons. The molecule has 0 unspecified atom stereocenters. The van der Waals surface area contributed by atoms with Crippen LogP contribution in [0, 0.1) is 5.41 Å². The van der Waals surface area contributed by atoms with E-state index in [1.54, 1.807) is 0 Å². The van der Waals surface area contributed by atoms with Crippen LogP contribution in [0.4, 0.5) is 11.8 Å². The summed E-state index contributed by atoms with van der Waals surface area (Å²) in [4.78, 5) is 9.17. The predicted octanol–water partition coefficient (Wildman–Crippen LogP) is 3.22. The van der Waals surface area contributed by atoms with Crippen molar-refractivity contribution in [2.75, 3.05) is 5.32 Å². The molecule has 3 aromatic heterocycles. The summed E-state index contributed by atoms with van der Waals surface area (Å²) in [6.45, 7) is 2.03. The molecule has 23 heavy (non-hydrogen) atoms. The van der Waals surface area contributed by atoms with Crippen LogP contribution < -0.4 is 5.32 Å². The van der Waals surface area contributed by atoms with Crippen LogP contribution in [0.25, 0.3) is 5.65 Å². The molecule has 1 fully saturated rings. The van der Waals surface area contributed by atoms with Crippen LogP contribution in [0.15, 0.2) is 24.4 Å². The van der Waals surface area contributed by atoms with Crippen molar-refractivity contribution in [1.82, 2.24) is 24.6 Å². The van der Waals surface area contributed by atoms with Crippen LogP contribution in [-0.2, 0) is 0 Å². The van der Waals surface area contributed by atoms with Gasteiger partial charge in [0.1, 0.15) is 11.5 Å². The minimum Gasteiger partial charge on any atom is -0.312 e. The molecule has 0 aliphatic heterocycles. The zero-order valence-corrected chi connectivity index (χ0v) is 13.0. The van der Waals surface area contributed by atoms with Crippen molar-refractivity contribution >= 4 is 23.6 Å². The van der Waals surface area contributed by atoms with Gasteiger partial charge in [-0.1, -0.05) is 6.92 Å². The second-order valence-corrected chi connectivity index (χ2v) is 5.93. The molecule has 0 amide bonds. The molecule has 0 saturated heterocycles. The smallest absolute Gasteiger partial charge is 0.216 e. The van der Waals surface area contributed by atoms with Gasteiger partial charge in [0.05, 0.1) is 5.92 Å². The summed E-state index contributed by atoms with van der Waals surface area (Å²) in [5.41, 5.74) is 1.99. The standard InChI is InChI=1S/C16H19N7/c1-2-10(9-17)15-19-14-4-3-7-23(14)16(20-15)18-13-8-12(21-22-13)11-5-6-11/h3-4,7-11,17H,2,5-6H2,1H3,(H2,18,19,20,21,22)/t10-/m1/s1. The molecule has 0 spiro atoms. The lowest BCUT2D eigenvalue weighted by molar-refractivity contribution is 0.774. The van der Waals surface area contributed by atoms with Gasteiger partial charge in [-0.25, -0.2) is 4.98 Å². The van der Waals surface area contributed by atoms with Gasteiger partial charge in [-0.05, 0) is 31.4 Å². The highest BCUT2D eigenvalue weighted by Gasteiger charge is 2.25. The van der Waals surface area contributed by atoms with Crippen molar-refractivity contribution < 1.29 is 0 Å². The Bertz CT molecular complexity index is 843. The Labute approximate surface area is 133 Å². The fourth-order valence-corrected chi connectivity index (χ4v) is 2.69. The molecule has 1 aliphatic rings. The molecule has 1 saturated carbocycles. The van der Waals surface area contributed by atoms with Gasteiger partial charge in [0.2, 0.25) is 5.95 Å². The van der Waals surface area contributed by atoms with E-state index in [0.717, 1.165) is 17.9 Å². The van der Waals surface area contributed by atoms with E-state index >= 15 is 0 Å². The summed E-state index contributed by atoms with van der Waals surface area (Å²) in [5, 5.41) is 18.3. The van der Waals surface area contributed by atoms with Crippen molar-refractivity contribution in [3.05, 3.63) is 35.9 Å². The normalized spacial score (nSPS) is 15.7. The van der Waals surface area contributed by atoms with E-state index in [1.807, 2.05) is 35.7 Å². The third-order valence-electron chi connectivity index (χ3n) is 4.23. The van der Waals surface area contributed by atoms with Crippen LogP contribution in [0.1, 0.15) is 49.5 Å². The van der Waals surface area contributed by atoms with Crippen molar-refractivity contribution in [2.45, 2.75) is 38.0 Å². The number of nitrogens with one attached hydrogen (secondary N) is 3. The second kappa shape index (κ2) is 5.49. The fourth-order valence-electron chi connectivity index (χ4n) is 2.69. The number of rotatable bonds is 6. The Balaban J connectivity index is 1.71. The van der Waals surface area contributed by atoms with Crippen molar-refractivity contribution in [1.29, 1.82) is 5.41 Å². The van der Waals surface area contributed by atoms with Gasteiger partial charge in [-0.15, -0.1) is 0 Å². The molecule has 118 valence electrons. The van der Waals surface area contributed by atoms with Gasteiger partial charge < -0.3 is 10.7 Å². The monoisotopic (exact) mass is 309 g/mol. The number of anilines is 2. The van der Waals surface area contributed by atoms with E-state index in [2.05, 4.69) is 25.5 Å². The Hall–Kier alpha value is -2.70. The molecule has 0 bridgehead atoms. The minimum absolute atomic E-state index is 0.0725. The van der Waals surface area contributed by atoms with Crippen molar-refractivity contribution in [3.8, 4) is 0 Å². The molecule has 3 N–H and O–H groups in total. The highest BCUT2D eigenvalue weighted by atomic mass is 15.3. The maximum Gasteiger partial charge on any atom is 0.216 e. The molecule has 7 heteroatoms. The molecule has 3 aromatic rings. The Morgan fingerprint density at radius 1 is 1.48 bits per heavy atom. The maximum atomic E-state index is 7.57. The first-order chi connectivity index (χ1) is 11.3. The van der Waals surface area contributed by atoms with Crippen molar-refractivity contribution in [3.63, 3.8) is 0 Å². The van der Waals surface area contributed by atoms with Gasteiger partial charge in [-0.3, -0.25) is 9.50 Å². The van der Waals surface area contributed by atoms with Gasteiger partial charge in [0, 0.05) is 30.1 Å². The third-order valence-corrected chi connectivity index (χ3v) is 4.23. The predicted molar refractivity (Wildman–Crippen MR) is 88.6 cm³/mol. The van der Waals surface area contributed by atoms with Crippen LogP contribution in [0.5, 0.6) is 0 Å². The average molecular weight is 309 g/mol. The third kappa shape index (κ3) is 2.58. The SMILES string of the molecule is CC[C@H](C=N)c1nc(Nc2cc(C3CC3)[nH]n2)n2cccc2n1. The van der Waals surface area contributed by atoms with E-state index in [9.17, 15) is 0 Å². The summed E-state index contributed by atoms with van der Waals surface area (Å²) in [7, 11) is 0. The first kappa shape index (κ1) is 13.9. The van der Waals surface area contributed by atoms with E-state index < -0.39 is 0 Å². The zero-order valence-electron chi connectivity index (χ0n) is 13.0. The lowest BCUT2D eigenvalue weighted by atomic mass is 10.1. The molecule has 1 aliphatic carbocycles. The summed E-state index contributed by atoms with van der Waals surface area (Å²) < 4.78 is 1.89.